The molecule has 0 radical (unpaired) electrons. The topological polar surface area (TPSA) is 88.2 Å². The third kappa shape index (κ3) is 5.36. The minimum atomic E-state index is -3.64. The lowest BCUT2D eigenvalue weighted by Crippen LogP contribution is -2.24. The van der Waals surface area contributed by atoms with Gasteiger partial charge in [-0.05, 0) is 44.2 Å². The molecule has 6 nitrogen and oxygen atoms in total. The number of carbonyl (C=O) groups is 1. The summed E-state index contributed by atoms with van der Waals surface area (Å²) in [6.45, 7) is 3.09. The molecule has 0 spiro atoms. The number of thiazole rings is 1. The molecule has 0 aliphatic heterocycles. The molecule has 0 atom stereocenters. The molecule has 0 saturated heterocycles. The molecule has 0 aliphatic carbocycles. The van der Waals surface area contributed by atoms with E-state index in [4.69, 9.17) is 11.6 Å². The van der Waals surface area contributed by atoms with Crippen molar-refractivity contribution in [3.05, 3.63) is 62.9 Å². The van der Waals surface area contributed by atoms with Gasteiger partial charge in [0.2, 0.25) is 10.0 Å². The van der Waals surface area contributed by atoms with Crippen molar-refractivity contribution >= 4 is 65.6 Å². The third-order valence-corrected chi connectivity index (χ3v) is 7.23. The van der Waals surface area contributed by atoms with Gasteiger partial charge in [-0.15, -0.1) is 11.3 Å². The lowest BCUT2D eigenvalue weighted by Gasteiger charge is -2.14. The predicted octanol–water partition coefficient (Wildman–Crippen LogP) is 5.63. The summed E-state index contributed by atoms with van der Waals surface area (Å²) in [6.07, 6.45) is 0. The number of halogens is 2. The van der Waals surface area contributed by atoms with Crippen LogP contribution in [0.3, 0.4) is 0 Å². The number of amides is 1. The summed E-state index contributed by atoms with van der Waals surface area (Å²) in [5.74, 6) is -0.486. The highest BCUT2D eigenvalue weighted by Crippen LogP contribution is 2.28. The van der Waals surface area contributed by atoms with Gasteiger partial charge in [0, 0.05) is 20.4 Å². The summed E-state index contributed by atoms with van der Waals surface area (Å²) in [5.41, 5.74) is 1.92. The Morgan fingerprint density at radius 3 is 2.52 bits per heavy atom. The first-order valence-electron chi connectivity index (χ1n) is 8.50. The van der Waals surface area contributed by atoms with Gasteiger partial charge in [0.15, 0.2) is 5.13 Å². The van der Waals surface area contributed by atoms with Gasteiger partial charge in [0.05, 0.1) is 22.2 Å². The van der Waals surface area contributed by atoms with E-state index in [1.807, 2.05) is 29.6 Å². The van der Waals surface area contributed by atoms with Crippen LogP contribution in [0.1, 0.15) is 24.2 Å². The van der Waals surface area contributed by atoms with Gasteiger partial charge in [-0.1, -0.05) is 39.7 Å². The maximum atomic E-state index is 12.8. The molecule has 0 unspecified atom stereocenters. The maximum Gasteiger partial charge on any atom is 0.259 e. The standard InChI is InChI=1S/C19H17BrClN3O3S2/c1-11(2)29(26,27)24-16-9-14(21)7-8-15(16)18(25)23-19-22-17(10-28-19)12-3-5-13(20)6-4-12/h3-11,24H,1-2H3,(H,22,23,25). The first kappa shape index (κ1) is 21.8. The summed E-state index contributed by atoms with van der Waals surface area (Å²) in [5, 5.41) is 4.61. The fourth-order valence-corrected chi connectivity index (χ4v) is 4.18. The van der Waals surface area contributed by atoms with Crippen LogP contribution in [0.25, 0.3) is 11.3 Å². The lowest BCUT2D eigenvalue weighted by atomic mass is 10.1. The molecular weight excluding hydrogens is 498 g/mol. The minimum absolute atomic E-state index is 0.119. The molecule has 2 N–H and O–H groups in total. The fraction of sp³-hybridized carbons (Fsp3) is 0.158. The number of carbonyl (C=O) groups excluding carboxylic acids is 1. The molecule has 0 bridgehead atoms. The van der Waals surface area contributed by atoms with Crippen LogP contribution >= 0.6 is 38.9 Å². The second-order valence-electron chi connectivity index (χ2n) is 6.38. The molecule has 1 aromatic heterocycles. The highest BCUT2D eigenvalue weighted by atomic mass is 79.9. The first-order valence-corrected chi connectivity index (χ1v) is 12.1. The number of aromatic nitrogens is 1. The number of nitrogens with zero attached hydrogens (tertiary/aromatic N) is 1. The number of rotatable bonds is 6. The minimum Gasteiger partial charge on any atom is -0.298 e. The van der Waals surface area contributed by atoms with Crippen molar-refractivity contribution in [1.82, 2.24) is 4.98 Å². The van der Waals surface area contributed by atoms with Crippen LogP contribution in [0.4, 0.5) is 10.8 Å². The summed E-state index contributed by atoms with van der Waals surface area (Å²) in [7, 11) is -3.64. The summed E-state index contributed by atoms with van der Waals surface area (Å²) in [6, 6.07) is 12.1. The van der Waals surface area contributed by atoms with Crippen LogP contribution in [0.5, 0.6) is 0 Å². The van der Waals surface area contributed by atoms with E-state index < -0.39 is 21.2 Å². The molecule has 0 aliphatic rings. The molecule has 29 heavy (non-hydrogen) atoms. The summed E-state index contributed by atoms with van der Waals surface area (Å²) in [4.78, 5) is 17.2. The zero-order chi connectivity index (χ0) is 21.2. The van der Waals surface area contributed by atoms with E-state index in [1.54, 1.807) is 13.8 Å². The molecular formula is C19H17BrClN3O3S2. The van der Waals surface area contributed by atoms with Crippen molar-refractivity contribution in [3.63, 3.8) is 0 Å². The SMILES string of the molecule is CC(C)S(=O)(=O)Nc1cc(Cl)ccc1C(=O)Nc1nc(-c2ccc(Br)cc2)cs1. The average Bonchev–Trinajstić information content (AvgIpc) is 3.10. The Hall–Kier alpha value is -1.94. The van der Waals surface area contributed by atoms with E-state index in [0.717, 1.165) is 15.7 Å². The largest absolute Gasteiger partial charge is 0.298 e. The normalized spacial score (nSPS) is 11.5. The quantitative estimate of drug-likeness (QED) is 0.446. The maximum absolute atomic E-state index is 12.8. The van der Waals surface area contributed by atoms with Gasteiger partial charge < -0.3 is 0 Å². The summed E-state index contributed by atoms with van der Waals surface area (Å²) < 4.78 is 27.9. The third-order valence-electron chi connectivity index (χ3n) is 3.96. The Balaban J connectivity index is 1.84. The number of benzene rings is 2. The van der Waals surface area contributed by atoms with Gasteiger partial charge in [-0.25, -0.2) is 13.4 Å². The van der Waals surface area contributed by atoms with Gasteiger partial charge >= 0.3 is 0 Å². The zero-order valence-corrected chi connectivity index (χ0v) is 19.4. The Kier molecular flexibility index (Phi) is 6.62. The summed E-state index contributed by atoms with van der Waals surface area (Å²) >= 11 is 10.7. The van der Waals surface area contributed by atoms with E-state index in [-0.39, 0.29) is 11.3 Å². The van der Waals surface area contributed by atoms with E-state index in [1.165, 1.54) is 29.5 Å². The van der Waals surface area contributed by atoms with Crippen molar-refractivity contribution in [1.29, 1.82) is 0 Å². The molecule has 2 aromatic carbocycles. The molecule has 10 heteroatoms. The molecule has 1 heterocycles. The Morgan fingerprint density at radius 1 is 1.17 bits per heavy atom. The van der Waals surface area contributed by atoms with Crippen molar-refractivity contribution in [2.24, 2.45) is 0 Å². The predicted molar refractivity (Wildman–Crippen MR) is 122 cm³/mol. The van der Waals surface area contributed by atoms with Crippen molar-refractivity contribution in [3.8, 4) is 11.3 Å². The zero-order valence-electron chi connectivity index (χ0n) is 15.4. The van der Waals surface area contributed by atoms with Crippen LogP contribution in [-0.4, -0.2) is 24.6 Å². The van der Waals surface area contributed by atoms with Crippen molar-refractivity contribution in [2.75, 3.05) is 10.0 Å². The number of nitrogens with one attached hydrogen (secondary N) is 2. The Labute approximate surface area is 186 Å². The average molecular weight is 515 g/mol. The Morgan fingerprint density at radius 2 is 1.86 bits per heavy atom. The van der Waals surface area contributed by atoms with Crippen LogP contribution in [0, 0.1) is 0 Å². The van der Waals surface area contributed by atoms with Crippen molar-refractivity contribution < 1.29 is 13.2 Å². The van der Waals surface area contributed by atoms with Gasteiger partial charge in [-0.3, -0.25) is 14.8 Å². The number of hydrogen-bond donors (Lipinski definition) is 2. The second kappa shape index (κ2) is 8.83. The monoisotopic (exact) mass is 513 g/mol. The van der Waals surface area contributed by atoms with Crippen LogP contribution in [-0.2, 0) is 10.0 Å². The molecule has 1 amide bonds. The highest BCUT2D eigenvalue weighted by Gasteiger charge is 2.21. The molecule has 0 fully saturated rings. The van der Waals surface area contributed by atoms with Gasteiger partial charge in [-0.2, -0.15) is 0 Å². The highest BCUT2D eigenvalue weighted by molar-refractivity contribution is 9.10. The van der Waals surface area contributed by atoms with E-state index in [2.05, 4.69) is 31.0 Å². The van der Waals surface area contributed by atoms with E-state index >= 15 is 0 Å². The molecule has 3 aromatic rings. The lowest BCUT2D eigenvalue weighted by molar-refractivity contribution is 0.102. The fourth-order valence-electron chi connectivity index (χ4n) is 2.32. The molecule has 152 valence electrons. The number of anilines is 2. The van der Waals surface area contributed by atoms with Crippen molar-refractivity contribution in [2.45, 2.75) is 19.1 Å². The number of hydrogen-bond acceptors (Lipinski definition) is 5. The second-order valence-corrected chi connectivity index (χ2v) is 10.8. The van der Waals surface area contributed by atoms with E-state index in [9.17, 15) is 13.2 Å². The van der Waals surface area contributed by atoms with Crippen LogP contribution in [0.15, 0.2) is 52.3 Å². The smallest absolute Gasteiger partial charge is 0.259 e. The van der Waals surface area contributed by atoms with Gasteiger partial charge in [0.25, 0.3) is 5.91 Å². The Bertz CT molecular complexity index is 1150. The van der Waals surface area contributed by atoms with Crippen LogP contribution < -0.4 is 10.0 Å². The van der Waals surface area contributed by atoms with E-state index in [0.29, 0.717) is 10.2 Å². The first-order chi connectivity index (χ1) is 13.7. The van der Waals surface area contributed by atoms with Crippen LogP contribution in [0.2, 0.25) is 5.02 Å². The molecule has 0 saturated carbocycles. The number of sulfonamides is 1. The molecule has 3 rings (SSSR count). The van der Waals surface area contributed by atoms with Gasteiger partial charge in [0.1, 0.15) is 0 Å².